The van der Waals surface area contributed by atoms with E-state index in [2.05, 4.69) is 5.32 Å². The number of hydrogen-bond acceptors (Lipinski definition) is 3. The minimum absolute atomic E-state index is 0.268. The van der Waals surface area contributed by atoms with E-state index in [1.165, 1.54) is 0 Å². The summed E-state index contributed by atoms with van der Waals surface area (Å²) in [4.78, 5) is 12.3. The largest absolute Gasteiger partial charge is 0.324 e. The van der Waals surface area contributed by atoms with Crippen LogP contribution in [-0.4, -0.2) is 27.1 Å². The fraction of sp³-hybridized carbons (Fsp3) is 0.278. The number of benzene rings is 2. The van der Waals surface area contributed by atoms with Gasteiger partial charge in [-0.25, -0.2) is 8.42 Å². The number of nitrogens with zero attached hydrogens (tertiary/aromatic N) is 1. The first-order valence-electron chi connectivity index (χ1n) is 7.58. The van der Waals surface area contributed by atoms with Gasteiger partial charge in [0.1, 0.15) is 6.54 Å². The van der Waals surface area contributed by atoms with Gasteiger partial charge in [0.2, 0.25) is 15.9 Å². The van der Waals surface area contributed by atoms with Crippen LogP contribution in [0.2, 0.25) is 0 Å². The van der Waals surface area contributed by atoms with Crippen LogP contribution >= 0.6 is 0 Å². The van der Waals surface area contributed by atoms with E-state index in [9.17, 15) is 13.2 Å². The van der Waals surface area contributed by atoms with E-state index < -0.39 is 10.0 Å². The molecule has 0 spiro atoms. The lowest BCUT2D eigenvalue weighted by atomic mass is 10.1. The van der Waals surface area contributed by atoms with Crippen molar-refractivity contribution in [3.63, 3.8) is 0 Å². The molecular weight excluding hydrogens is 324 g/mol. The number of amides is 1. The number of nitrogens with one attached hydrogen (secondary N) is 1. The molecule has 0 saturated carbocycles. The normalized spacial score (nSPS) is 11.2. The lowest BCUT2D eigenvalue weighted by Gasteiger charge is -2.23. The van der Waals surface area contributed by atoms with E-state index in [4.69, 9.17) is 0 Å². The lowest BCUT2D eigenvalue weighted by Crippen LogP contribution is -2.37. The smallest absolute Gasteiger partial charge is 0.245 e. The van der Waals surface area contributed by atoms with Gasteiger partial charge < -0.3 is 5.32 Å². The molecule has 0 bridgehead atoms. The Kier molecular flexibility index (Phi) is 5.29. The maximum absolute atomic E-state index is 12.3. The van der Waals surface area contributed by atoms with E-state index in [-0.39, 0.29) is 12.5 Å². The molecule has 2 rings (SSSR count). The van der Waals surface area contributed by atoms with Crippen molar-refractivity contribution in [2.24, 2.45) is 0 Å². The van der Waals surface area contributed by atoms with Gasteiger partial charge in [0, 0.05) is 5.69 Å². The highest BCUT2D eigenvalue weighted by Gasteiger charge is 2.21. The van der Waals surface area contributed by atoms with Crippen LogP contribution in [0.15, 0.2) is 42.5 Å². The molecule has 2 aromatic carbocycles. The summed E-state index contributed by atoms with van der Waals surface area (Å²) in [6.07, 6.45) is 1.10. The molecular formula is C18H22N2O3S. The molecule has 0 aliphatic heterocycles. The van der Waals surface area contributed by atoms with Crippen LogP contribution in [0.4, 0.5) is 11.4 Å². The Morgan fingerprint density at radius 1 is 1.04 bits per heavy atom. The first-order chi connectivity index (χ1) is 11.2. The number of hydrogen-bond donors (Lipinski definition) is 1. The van der Waals surface area contributed by atoms with E-state index in [0.717, 1.165) is 27.3 Å². The number of para-hydroxylation sites is 1. The maximum Gasteiger partial charge on any atom is 0.245 e. The molecule has 0 unspecified atom stereocenters. The second-order valence-electron chi connectivity index (χ2n) is 5.98. The zero-order valence-corrected chi connectivity index (χ0v) is 15.1. The number of carbonyl (C=O) groups excluding carboxylic acids is 1. The second kappa shape index (κ2) is 7.05. The Hall–Kier alpha value is -2.34. The average molecular weight is 346 g/mol. The van der Waals surface area contributed by atoms with Crippen LogP contribution < -0.4 is 9.62 Å². The first kappa shape index (κ1) is 18.0. The van der Waals surface area contributed by atoms with E-state index in [1.807, 2.05) is 45.0 Å². The number of anilines is 2. The molecule has 6 heteroatoms. The summed E-state index contributed by atoms with van der Waals surface area (Å²) >= 11 is 0. The van der Waals surface area contributed by atoms with Gasteiger partial charge in [-0.2, -0.15) is 0 Å². The predicted octanol–water partition coefficient (Wildman–Crippen LogP) is 3.02. The number of aryl methyl sites for hydroxylation is 3. The van der Waals surface area contributed by atoms with Crippen molar-refractivity contribution in [1.29, 1.82) is 0 Å². The fourth-order valence-corrected chi connectivity index (χ4v) is 3.37. The molecule has 128 valence electrons. The zero-order valence-electron chi connectivity index (χ0n) is 14.3. The number of rotatable bonds is 5. The Balaban J connectivity index is 2.27. The van der Waals surface area contributed by atoms with Crippen LogP contribution in [0.3, 0.4) is 0 Å². The predicted molar refractivity (Wildman–Crippen MR) is 97.9 cm³/mol. The number of sulfonamides is 1. The highest BCUT2D eigenvalue weighted by Crippen LogP contribution is 2.21. The van der Waals surface area contributed by atoms with Gasteiger partial charge in [-0.05, 0) is 55.7 Å². The summed E-state index contributed by atoms with van der Waals surface area (Å²) in [6, 6.07) is 12.8. The highest BCUT2D eigenvalue weighted by molar-refractivity contribution is 7.92. The Bertz CT molecular complexity index is 840. The third-order valence-corrected chi connectivity index (χ3v) is 4.74. The van der Waals surface area contributed by atoms with Crippen molar-refractivity contribution in [2.45, 2.75) is 20.8 Å². The maximum atomic E-state index is 12.3. The van der Waals surface area contributed by atoms with Crippen molar-refractivity contribution in [2.75, 3.05) is 22.4 Å². The third-order valence-electron chi connectivity index (χ3n) is 3.60. The number of carbonyl (C=O) groups is 1. The minimum atomic E-state index is -3.58. The zero-order chi connectivity index (χ0) is 17.9. The Morgan fingerprint density at radius 2 is 1.62 bits per heavy atom. The molecule has 1 amide bonds. The monoisotopic (exact) mass is 346 g/mol. The van der Waals surface area contributed by atoms with Crippen LogP contribution in [0.1, 0.15) is 16.7 Å². The Labute approximate surface area is 143 Å². The fourth-order valence-electron chi connectivity index (χ4n) is 2.53. The molecule has 0 aliphatic carbocycles. The van der Waals surface area contributed by atoms with E-state index in [1.54, 1.807) is 18.2 Å². The lowest BCUT2D eigenvalue weighted by molar-refractivity contribution is -0.114. The van der Waals surface area contributed by atoms with Crippen LogP contribution in [0.5, 0.6) is 0 Å². The Morgan fingerprint density at radius 3 is 2.17 bits per heavy atom. The summed E-state index contributed by atoms with van der Waals surface area (Å²) < 4.78 is 25.4. The van der Waals surface area contributed by atoms with Crippen molar-refractivity contribution < 1.29 is 13.2 Å². The van der Waals surface area contributed by atoms with Gasteiger partial charge in [-0.3, -0.25) is 9.10 Å². The SMILES string of the molecule is Cc1cc(C)cc(N(CC(=O)Nc2ccccc2C)S(C)(=O)=O)c1. The van der Waals surface area contributed by atoms with Crippen LogP contribution in [-0.2, 0) is 14.8 Å². The first-order valence-corrected chi connectivity index (χ1v) is 9.43. The summed E-state index contributed by atoms with van der Waals surface area (Å²) in [5.74, 6) is -0.381. The van der Waals surface area contributed by atoms with Crippen LogP contribution in [0, 0.1) is 20.8 Å². The molecule has 24 heavy (non-hydrogen) atoms. The molecule has 0 atom stereocenters. The molecule has 0 fully saturated rings. The minimum Gasteiger partial charge on any atom is -0.324 e. The topological polar surface area (TPSA) is 66.5 Å². The second-order valence-corrected chi connectivity index (χ2v) is 7.89. The molecule has 0 aliphatic rings. The van der Waals surface area contributed by atoms with Gasteiger partial charge >= 0.3 is 0 Å². The summed E-state index contributed by atoms with van der Waals surface area (Å²) in [5.41, 5.74) is 3.98. The standard InChI is InChI=1S/C18H22N2O3S/c1-13-9-14(2)11-16(10-13)20(24(4,22)23)12-18(21)19-17-8-6-5-7-15(17)3/h5-11H,12H2,1-4H3,(H,19,21). The van der Waals surface area contributed by atoms with Crippen molar-refractivity contribution in [3.8, 4) is 0 Å². The van der Waals surface area contributed by atoms with Gasteiger partial charge in [0.25, 0.3) is 0 Å². The molecule has 2 aromatic rings. The third kappa shape index (κ3) is 4.58. The van der Waals surface area contributed by atoms with Crippen molar-refractivity contribution in [1.82, 2.24) is 0 Å². The molecule has 0 radical (unpaired) electrons. The summed E-state index contributed by atoms with van der Waals surface area (Å²) in [6.45, 7) is 5.40. The molecule has 1 N–H and O–H groups in total. The van der Waals surface area contributed by atoms with Gasteiger partial charge in [-0.1, -0.05) is 24.3 Å². The molecule has 0 saturated heterocycles. The molecule has 0 aromatic heterocycles. The van der Waals surface area contributed by atoms with E-state index >= 15 is 0 Å². The van der Waals surface area contributed by atoms with E-state index in [0.29, 0.717) is 11.4 Å². The van der Waals surface area contributed by atoms with Crippen LogP contribution in [0.25, 0.3) is 0 Å². The molecule has 5 nitrogen and oxygen atoms in total. The summed E-state index contributed by atoms with van der Waals surface area (Å²) in [5, 5.41) is 2.77. The van der Waals surface area contributed by atoms with Gasteiger partial charge in [0.05, 0.1) is 11.9 Å². The summed E-state index contributed by atoms with van der Waals surface area (Å²) in [7, 11) is -3.58. The average Bonchev–Trinajstić information content (AvgIpc) is 2.45. The van der Waals surface area contributed by atoms with Gasteiger partial charge in [-0.15, -0.1) is 0 Å². The molecule has 0 heterocycles. The van der Waals surface area contributed by atoms with Gasteiger partial charge in [0.15, 0.2) is 0 Å². The van der Waals surface area contributed by atoms with Crippen molar-refractivity contribution in [3.05, 3.63) is 59.2 Å². The highest BCUT2D eigenvalue weighted by atomic mass is 32.2. The van der Waals surface area contributed by atoms with Crippen molar-refractivity contribution >= 4 is 27.3 Å². The quantitative estimate of drug-likeness (QED) is 0.905.